The number of aliphatic carboxylic acids is 1. The molecule has 1 fully saturated rings. The lowest BCUT2D eigenvalue weighted by molar-refractivity contribution is -0.386. The molecule has 0 saturated carbocycles. The monoisotopic (exact) mass is 270 g/mol. The van der Waals surface area contributed by atoms with Crippen LogP contribution in [0.15, 0.2) is 18.2 Å². The second-order valence-corrected chi connectivity index (χ2v) is 4.30. The van der Waals surface area contributed by atoms with Crippen molar-refractivity contribution in [1.82, 2.24) is 5.32 Å². The van der Waals surface area contributed by atoms with Crippen LogP contribution in [0, 0.1) is 15.9 Å². The van der Waals surface area contributed by atoms with Crippen molar-refractivity contribution in [3.05, 3.63) is 34.1 Å². The van der Waals surface area contributed by atoms with Gasteiger partial charge in [-0.1, -0.05) is 6.07 Å². The fourth-order valence-corrected chi connectivity index (χ4v) is 1.87. The number of nitrogens with zero attached hydrogens (tertiary/aromatic N) is 1. The number of nitro benzene ring substituents is 1. The van der Waals surface area contributed by atoms with Gasteiger partial charge in [-0.25, -0.2) is 4.39 Å². The van der Waals surface area contributed by atoms with Crippen molar-refractivity contribution < 1.29 is 24.0 Å². The lowest BCUT2D eigenvalue weighted by Gasteiger charge is -2.41. The first kappa shape index (κ1) is 13.2. The number of ether oxygens (including phenoxy) is 1. The van der Waals surface area contributed by atoms with Gasteiger partial charge in [0.1, 0.15) is 5.60 Å². The van der Waals surface area contributed by atoms with Crippen molar-refractivity contribution in [3.8, 4) is 5.75 Å². The van der Waals surface area contributed by atoms with Gasteiger partial charge in [-0.2, -0.15) is 0 Å². The van der Waals surface area contributed by atoms with Gasteiger partial charge in [0.2, 0.25) is 5.75 Å². The maximum absolute atomic E-state index is 13.6. The molecule has 19 heavy (non-hydrogen) atoms. The van der Waals surface area contributed by atoms with Crippen molar-refractivity contribution in [2.75, 3.05) is 13.1 Å². The summed E-state index contributed by atoms with van der Waals surface area (Å²) in [4.78, 5) is 20.8. The van der Waals surface area contributed by atoms with Gasteiger partial charge in [-0.15, -0.1) is 0 Å². The lowest BCUT2D eigenvalue weighted by Crippen LogP contribution is -2.64. The average Bonchev–Trinajstić information content (AvgIpc) is 2.27. The molecule has 0 atom stereocenters. The molecule has 0 amide bonds. The third kappa shape index (κ3) is 2.63. The Hall–Kier alpha value is -2.22. The summed E-state index contributed by atoms with van der Waals surface area (Å²) in [7, 11) is 0. The zero-order chi connectivity index (χ0) is 14.0. The number of carboxylic acid groups (broad SMARTS) is 1. The molecule has 1 aromatic rings. The first-order valence-corrected chi connectivity index (χ1v) is 5.48. The van der Waals surface area contributed by atoms with Crippen LogP contribution in [0.3, 0.4) is 0 Å². The van der Waals surface area contributed by atoms with E-state index in [1.165, 1.54) is 6.07 Å². The Bertz CT molecular complexity index is 530. The molecule has 0 aliphatic carbocycles. The second-order valence-electron chi connectivity index (χ2n) is 4.30. The minimum absolute atomic E-state index is 0.199. The number of hydrogen-bond acceptors (Lipinski definition) is 5. The SMILES string of the molecule is O=C(O)CC1(Oc2c(F)cccc2[N+](=O)[O-])CNC1. The smallest absolute Gasteiger partial charge is 0.314 e. The summed E-state index contributed by atoms with van der Waals surface area (Å²) in [6, 6.07) is 3.34. The maximum atomic E-state index is 13.6. The van der Waals surface area contributed by atoms with E-state index in [-0.39, 0.29) is 19.5 Å². The van der Waals surface area contributed by atoms with Crippen LogP contribution in [0.4, 0.5) is 10.1 Å². The molecule has 7 nitrogen and oxygen atoms in total. The molecule has 1 aliphatic rings. The third-order valence-corrected chi connectivity index (χ3v) is 2.83. The normalized spacial score (nSPS) is 16.5. The first-order chi connectivity index (χ1) is 8.93. The molecule has 0 radical (unpaired) electrons. The van der Waals surface area contributed by atoms with Crippen LogP contribution in [-0.4, -0.2) is 34.7 Å². The van der Waals surface area contributed by atoms with Crippen molar-refractivity contribution in [3.63, 3.8) is 0 Å². The van der Waals surface area contributed by atoms with Crippen LogP contribution in [-0.2, 0) is 4.79 Å². The number of rotatable bonds is 5. The van der Waals surface area contributed by atoms with E-state index in [1.807, 2.05) is 0 Å². The summed E-state index contributed by atoms with van der Waals surface area (Å²) in [5.41, 5.74) is -1.66. The van der Waals surface area contributed by atoms with Gasteiger partial charge < -0.3 is 15.2 Å². The van der Waals surface area contributed by atoms with Gasteiger partial charge in [-0.05, 0) is 6.07 Å². The summed E-state index contributed by atoms with van der Waals surface area (Å²) in [5.74, 6) is -2.51. The fourth-order valence-electron chi connectivity index (χ4n) is 1.87. The lowest BCUT2D eigenvalue weighted by atomic mass is 9.92. The van der Waals surface area contributed by atoms with Gasteiger partial charge in [-0.3, -0.25) is 14.9 Å². The van der Waals surface area contributed by atoms with Crippen molar-refractivity contribution in [2.24, 2.45) is 0 Å². The molecule has 0 unspecified atom stereocenters. The van der Waals surface area contributed by atoms with E-state index in [0.717, 1.165) is 12.1 Å². The van der Waals surface area contributed by atoms with E-state index >= 15 is 0 Å². The van der Waals surface area contributed by atoms with Gasteiger partial charge in [0.15, 0.2) is 5.82 Å². The third-order valence-electron chi connectivity index (χ3n) is 2.83. The summed E-state index contributed by atoms with van der Waals surface area (Å²) in [5, 5.41) is 22.4. The van der Waals surface area contributed by atoms with E-state index in [1.54, 1.807) is 0 Å². The van der Waals surface area contributed by atoms with Gasteiger partial charge in [0.05, 0.1) is 11.3 Å². The molecule has 2 rings (SSSR count). The molecule has 0 bridgehead atoms. The Morgan fingerprint density at radius 3 is 2.74 bits per heavy atom. The highest BCUT2D eigenvalue weighted by Crippen LogP contribution is 2.35. The highest BCUT2D eigenvalue weighted by Gasteiger charge is 2.43. The predicted octanol–water partition coefficient (Wildman–Crippen LogP) is 0.929. The van der Waals surface area contributed by atoms with Crippen LogP contribution in [0.1, 0.15) is 6.42 Å². The van der Waals surface area contributed by atoms with Crippen LogP contribution >= 0.6 is 0 Å². The topological polar surface area (TPSA) is 102 Å². The molecule has 1 heterocycles. The Balaban J connectivity index is 2.32. The van der Waals surface area contributed by atoms with Gasteiger partial charge in [0.25, 0.3) is 0 Å². The highest BCUT2D eigenvalue weighted by molar-refractivity contribution is 5.68. The van der Waals surface area contributed by atoms with Gasteiger partial charge >= 0.3 is 11.7 Å². The molecular weight excluding hydrogens is 259 g/mol. The molecule has 102 valence electrons. The fraction of sp³-hybridized carbons (Fsp3) is 0.364. The Labute approximate surface area is 107 Å². The number of para-hydroxylation sites is 1. The molecule has 1 saturated heterocycles. The zero-order valence-corrected chi connectivity index (χ0v) is 9.76. The standard InChI is InChI=1S/C11H11FN2O5/c12-7-2-1-3-8(14(17)18)10(7)19-11(4-9(15)16)5-13-6-11/h1-3,13H,4-6H2,(H,15,16). The average molecular weight is 270 g/mol. The van der Waals surface area contributed by atoms with E-state index < -0.39 is 33.7 Å². The van der Waals surface area contributed by atoms with Gasteiger partial charge in [0, 0.05) is 19.2 Å². The number of benzene rings is 1. The van der Waals surface area contributed by atoms with E-state index in [0.29, 0.717) is 0 Å². The summed E-state index contributed by atoms with van der Waals surface area (Å²) < 4.78 is 19.0. The molecule has 0 aromatic heterocycles. The van der Waals surface area contributed by atoms with Crippen molar-refractivity contribution in [2.45, 2.75) is 12.0 Å². The largest absolute Gasteiger partial charge is 0.481 e. The maximum Gasteiger partial charge on any atom is 0.314 e. The van der Waals surface area contributed by atoms with Crippen LogP contribution in [0.5, 0.6) is 5.75 Å². The number of carboxylic acids is 1. The molecular formula is C11H11FN2O5. The first-order valence-electron chi connectivity index (χ1n) is 5.48. The van der Waals surface area contributed by atoms with Crippen LogP contribution < -0.4 is 10.1 Å². The Morgan fingerprint density at radius 2 is 2.26 bits per heavy atom. The number of halogens is 1. The summed E-state index contributed by atoms with van der Waals surface area (Å²) in [6.07, 6.45) is -0.356. The minimum Gasteiger partial charge on any atom is -0.481 e. The minimum atomic E-state index is -1.14. The van der Waals surface area contributed by atoms with Crippen LogP contribution in [0.25, 0.3) is 0 Å². The Kier molecular flexibility index (Phi) is 3.34. The number of carbonyl (C=O) groups is 1. The van der Waals surface area contributed by atoms with Crippen molar-refractivity contribution in [1.29, 1.82) is 0 Å². The number of nitro groups is 1. The Morgan fingerprint density at radius 1 is 1.58 bits per heavy atom. The highest BCUT2D eigenvalue weighted by atomic mass is 19.1. The van der Waals surface area contributed by atoms with E-state index in [9.17, 15) is 19.3 Å². The van der Waals surface area contributed by atoms with E-state index in [2.05, 4.69) is 5.32 Å². The van der Waals surface area contributed by atoms with Crippen molar-refractivity contribution >= 4 is 11.7 Å². The predicted molar refractivity (Wildman–Crippen MR) is 61.5 cm³/mol. The number of nitrogens with one attached hydrogen (secondary N) is 1. The number of hydrogen-bond donors (Lipinski definition) is 2. The summed E-state index contributed by atoms with van der Waals surface area (Å²) >= 11 is 0. The molecule has 2 N–H and O–H groups in total. The van der Waals surface area contributed by atoms with Crippen LogP contribution in [0.2, 0.25) is 0 Å². The molecule has 8 heteroatoms. The molecule has 1 aromatic carbocycles. The molecule has 1 aliphatic heterocycles. The second kappa shape index (κ2) is 4.81. The summed E-state index contributed by atoms with van der Waals surface area (Å²) in [6.45, 7) is 0.398. The molecule has 0 spiro atoms. The quantitative estimate of drug-likeness (QED) is 0.609. The zero-order valence-electron chi connectivity index (χ0n) is 9.76. The van der Waals surface area contributed by atoms with E-state index in [4.69, 9.17) is 9.84 Å².